The molecule has 0 bridgehead atoms. The Morgan fingerprint density at radius 3 is 2.00 bits per heavy atom. The zero-order chi connectivity index (χ0) is 19.2. The highest BCUT2D eigenvalue weighted by Crippen LogP contribution is 2.18. The van der Waals surface area contributed by atoms with E-state index < -0.39 is 16.1 Å². The minimum atomic E-state index is -3.53. The standard InChI is InChI=1S/C17H27N3O4S/c1-6-20(7-2)25(23,24)15-10-8-14(9-11-15)19-17(22)16(12(3)4)18-13(5)21/h8-12,16H,6-7H2,1-5H3,(H,18,21)(H,19,22)/t16-/m0/s1. The van der Waals surface area contributed by atoms with Crippen LogP contribution in [-0.2, 0) is 19.6 Å². The van der Waals surface area contributed by atoms with Crippen LogP contribution in [0, 0.1) is 5.92 Å². The summed E-state index contributed by atoms with van der Waals surface area (Å²) >= 11 is 0. The minimum Gasteiger partial charge on any atom is -0.344 e. The molecular weight excluding hydrogens is 342 g/mol. The Morgan fingerprint density at radius 2 is 1.60 bits per heavy atom. The number of carbonyl (C=O) groups is 2. The summed E-state index contributed by atoms with van der Waals surface area (Å²) in [5, 5.41) is 5.31. The van der Waals surface area contributed by atoms with Crippen molar-refractivity contribution in [2.24, 2.45) is 5.92 Å². The molecule has 1 aromatic rings. The highest BCUT2D eigenvalue weighted by Gasteiger charge is 2.24. The van der Waals surface area contributed by atoms with Crippen LogP contribution in [-0.4, -0.2) is 43.7 Å². The molecule has 2 amide bonds. The van der Waals surface area contributed by atoms with Crippen molar-refractivity contribution >= 4 is 27.5 Å². The van der Waals surface area contributed by atoms with E-state index in [-0.39, 0.29) is 22.6 Å². The summed E-state index contributed by atoms with van der Waals surface area (Å²) in [6.07, 6.45) is 0. The number of sulfonamides is 1. The lowest BCUT2D eigenvalue weighted by Gasteiger charge is -2.21. The summed E-state index contributed by atoms with van der Waals surface area (Å²) in [5.74, 6) is -0.703. The minimum absolute atomic E-state index is 0.0776. The summed E-state index contributed by atoms with van der Waals surface area (Å²) in [4.78, 5) is 23.7. The van der Waals surface area contributed by atoms with Gasteiger partial charge in [-0.15, -0.1) is 0 Å². The van der Waals surface area contributed by atoms with Gasteiger partial charge in [0.25, 0.3) is 0 Å². The van der Waals surface area contributed by atoms with Crippen LogP contribution < -0.4 is 10.6 Å². The number of rotatable bonds is 8. The van der Waals surface area contributed by atoms with Crippen LogP contribution in [0.4, 0.5) is 5.69 Å². The van der Waals surface area contributed by atoms with E-state index in [0.29, 0.717) is 18.8 Å². The third kappa shape index (κ3) is 5.54. The van der Waals surface area contributed by atoms with Crippen LogP contribution in [0.5, 0.6) is 0 Å². The zero-order valence-corrected chi connectivity index (χ0v) is 16.2. The summed E-state index contributed by atoms with van der Waals surface area (Å²) in [5.41, 5.74) is 0.472. The zero-order valence-electron chi connectivity index (χ0n) is 15.4. The molecule has 1 aromatic carbocycles. The predicted molar refractivity (Wildman–Crippen MR) is 97.6 cm³/mol. The average molecular weight is 369 g/mol. The second-order valence-corrected chi connectivity index (χ2v) is 7.96. The first-order chi connectivity index (χ1) is 11.6. The van der Waals surface area contributed by atoms with Gasteiger partial charge in [0.1, 0.15) is 6.04 Å². The van der Waals surface area contributed by atoms with Crippen molar-refractivity contribution in [2.75, 3.05) is 18.4 Å². The molecule has 25 heavy (non-hydrogen) atoms. The highest BCUT2D eigenvalue weighted by molar-refractivity contribution is 7.89. The molecule has 0 fully saturated rings. The molecule has 0 aromatic heterocycles. The van der Waals surface area contributed by atoms with Crippen LogP contribution in [0.2, 0.25) is 0 Å². The topological polar surface area (TPSA) is 95.6 Å². The SMILES string of the molecule is CCN(CC)S(=O)(=O)c1ccc(NC(=O)[C@@H](NC(C)=O)C(C)C)cc1. The Kier molecular flexibility index (Phi) is 7.57. The summed E-state index contributed by atoms with van der Waals surface area (Å²) in [7, 11) is -3.53. The lowest BCUT2D eigenvalue weighted by molar-refractivity contribution is -0.126. The van der Waals surface area contributed by atoms with Gasteiger partial charge in [-0.1, -0.05) is 27.7 Å². The maximum Gasteiger partial charge on any atom is 0.247 e. The average Bonchev–Trinajstić information content (AvgIpc) is 2.53. The van der Waals surface area contributed by atoms with E-state index in [1.165, 1.54) is 23.4 Å². The molecule has 0 unspecified atom stereocenters. The van der Waals surface area contributed by atoms with Crippen molar-refractivity contribution in [1.29, 1.82) is 0 Å². The number of anilines is 1. The Hall–Kier alpha value is -1.93. The van der Waals surface area contributed by atoms with Gasteiger partial charge in [0.15, 0.2) is 0 Å². The Bertz CT molecular complexity index is 695. The second-order valence-electron chi connectivity index (χ2n) is 6.03. The van der Waals surface area contributed by atoms with Crippen LogP contribution in [0.1, 0.15) is 34.6 Å². The quantitative estimate of drug-likeness (QED) is 0.730. The number of hydrogen-bond donors (Lipinski definition) is 2. The van der Waals surface area contributed by atoms with Crippen LogP contribution in [0.25, 0.3) is 0 Å². The predicted octanol–water partition coefficient (Wildman–Crippen LogP) is 1.82. The monoisotopic (exact) mass is 369 g/mol. The van der Waals surface area contributed by atoms with E-state index >= 15 is 0 Å². The molecule has 140 valence electrons. The molecule has 0 heterocycles. The van der Waals surface area contributed by atoms with E-state index in [0.717, 1.165) is 0 Å². The van der Waals surface area contributed by atoms with Crippen molar-refractivity contribution in [3.8, 4) is 0 Å². The van der Waals surface area contributed by atoms with Crippen LogP contribution in [0.15, 0.2) is 29.2 Å². The third-order valence-corrected chi connectivity index (χ3v) is 5.84. The fraction of sp³-hybridized carbons (Fsp3) is 0.529. The summed E-state index contributed by atoms with van der Waals surface area (Å²) in [6, 6.07) is 5.35. The molecule has 0 spiro atoms. The number of hydrogen-bond acceptors (Lipinski definition) is 4. The van der Waals surface area contributed by atoms with Crippen LogP contribution in [0.3, 0.4) is 0 Å². The van der Waals surface area contributed by atoms with Gasteiger partial charge in [-0.2, -0.15) is 4.31 Å². The van der Waals surface area contributed by atoms with E-state index in [1.54, 1.807) is 26.0 Å². The third-order valence-electron chi connectivity index (χ3n) is 3.77. The number of carbonyl (C=O) groups excluding carboxylic acids is 2. The summed E-state index contributed by atoms with van der Waals surface area (Å²) in [6.45, 7) is 9.37. The van der Waals surface area contributed by atoms with Gasteiger partial charge in [0.05, 0.1) is 4.90 Å². The Morgan fingerprint density at radius 1 is 1.08 bits per heavy atom. The molecule has 0 saturated carbocycles. The van der Waals surface area contributed by atoms with Gasteiger partial charge in [-0.05, 0) is 30.2 Å². The number of amides is 2. The lowest BCUT2D eigenvalue weighted by Crippen LogP contribution is -2.46. The van der Waals surface area contributed by atoms with E-state index in [4.69, 9.17) is 0 Å². The van der Waals surface area contributed by atoms with Crippen molar-refractivity contribution in [3.05, 3.63) is 24.3 Å². The van der Waals surface area contributed by atoms with E-state index in [1.807, 2.05) is 13.8 Å². The summed E-state index contributed by atoms with van der Waals surface area (Å²) < 4.78 is 26.2. The molecular formula is C17H27N3O4S. The Labute approximate surface area is 149 Å². The van der Waals surface area contributed by atoms with Gasteiger partial charge in [0, 0.05) is 25.7 Å². The molecule has 0 aliphatic rings. The van der Waals surface area contributed by atoms with E-state index in [9.17, 15) is 18.0 Å². The second kappa shape index (κ2) is 8.96. The first-order valence-electron chi connectivity index (χ1n) is 8.31. The fourth-order valence-corrected chi connectivity index (χ4v) is 3.85. The van der Waals surface area contributed by atoms with Crippen molar-refractivity contribution < 1.29 is 18.0 Å². The molecule has 0 aliphatic heterocycles. The van der Waals surface area contributed by atoms with Crippen LogP contribution >= 0.6 is 0 Å². The smallest absolute Gasteiger partial charge is 0.247 e. The highest BCUT2D eigenvalue weighted by atomic mass is 32.2. The molecule has 0 saturated heterocycles. The van der Waals surface area contributed by atoms with Gasteiger partial charge in [-0.3, -0.25) is 9.59 Å². The lowest BCUT2D eigenvalue weighted by atomic mass is 10.0. The normalized spacial score (nSPS) is 12.9. The van der Waals surface area contributed by atoms with E-state index in [2.05, 4.69) is 10.6 Å². The van der Waals surface area contributed by atoms with Gasteiger partial charge >= 0.3 is 0 Å². The fourth-order valence-electron chi connectivity index (χ4n) is 2.40. The molecule has 2 N–H and O–H groups in total. The maximum atomic E-state index is 12.4. The van der Waals surface area contributed by atoms with Gasteiger partial charge in [0.2, 0.25) is 21.8 Å². The maximum absolute atomic E-state index is 12.4. The van der Waals surface area contributed by atoms with Crippen molar-refractivity contribution in [3.63, 3.8) is 0 Å². The molecule has 7 nitrogen and oxygen atoms in total. The molecule has 0 aliphatic carbocycles. The Balaban J connectivity index is 2.93. The van der Waals surface area contributed by atoms with Gasteiger partial charge in [-0.25, -0.2) is 8.42 Å². The van der Waals surface area contributed by atoms with Crippen molar-refractivity contribution in [1.82, 2.24) is 9.62 Å². The number of nitrogens with one attached hydrogen (secondary N) is 2. The molecule has 1 rings (SSSR count). The first-order valence-corrected chi connectivity index (χ1v) is 9.75. The molecule has 0 radical (unpaired) electrons. The van der Waals surface area contributed by atoms with Gasteiger partial charge < -0.3 is 10.6 Å². The molecule has 8 heteroatoms. The number of benzene rings is 1. The molecule has 1 atom stereocenters. The van der Waals surface area contributed by atoms with Crippen molar-refractivity contribution in [2.45, 2.75) is 45.6 Å². The number of nitrogens with zero attached hydrogens (tertiary/aromatic N) is 1. The first kappa shape index (κ1) is 21.1. The largest absolute Gasteiger partial charge is 0.344 e.